The Morgan fingerprint density at radius 2 is 1.83 bits per heavy atom. The maximum Gasteiger partial charge on any atom is 0.311 e. The summed E-state index contributed by atoms with van der Waals surface area (Å²) in [5.74, 6) is 0.219. The molecule has 5 nitrogen and oxygen atoms in total. The molecule has 0 spiro atoms. The molecule has 2 fully saturated rings. The van der Waals surface area contributed by atoms with Gasteiger partial charge in [0, 0.05) is 18.7 Å². The number of hydrogen-bond donors (Lipinski definition) is 1. The molecule has 1 N–H and O–H groups in total. The Morgan fingerprint density at radius 3 is 2.48 bits per heavy atom. The Balaban J connectivity index is 1.70. The fraction of sp³-hybridized carbons (Fsp3) is 0.556. The van der Waals surface area contributed by atoms with E-state index in [1.165, 1.54) is 7.11 Å². The van der Waals surface area contributed by atoms with Gasteiger partial charge in [0.05, 0.1) is 19.6 Å². The molecule has 3 rings (SSSR count). The van der Waals surface area contributed by atoms with Gasteiger partial charge in [-0.05, 0) is 48.8 Å². The highest BCUT2D eigenvalue weighted by Gasteiger charge is 2.52. The van der Waals surface area contributed by atoms with Gasteiger partial charge in [0.2, 0.25) is 0 Å². The molecule has 124 valence electrons. The molecule has 4 atom stereocenters. The van der Waals surface area contributed by atoms with Crippen LogP contribution in [0.2, 0.25) is 0 Å². The molecule has 5 heteroatoms. The summed E-state index contributed by atoms with van der Waals surface area (Å²) in [6.07, 6.45) is 3.15. The summed E-state index contributed by atoms with van der Waals surface area (Å²) < 4.78 is 10.0. The molecule has 1 amide bonds. The predicted octanol–water partition coefficient (Wildman–Crippen LogP) is 2.15. The van der Waals surface area contributed by atoms with E-state index in [1.807, 2.05) is 12.1 Å². The molecule has 23 heavy (non-hydrogen) atoms. The second-order valence-corrected chi connectivity index (χ2v) is 6.51. The molecule has 1 aromatic rings. The van der Waals surface area contributed by atoms with Crippen molar-refractivity contribution in [2.75, 3.05) is 14.2 Å². The van der Waals surface area contributed by atoms with Crippen molar-refractivity contribution in [2.24, 2.45) is 17.8 Å². The number of hydrogen-bond acceptors (Lipinski definition) is 4. The van der Waals surface area contributed by atoms with Gasteiger partial charge in [0.1, 0.15) is 0 Å². The molecule has 4 unspecified atom stereocenters. The third-order valence-corrected chi connectivity index (χ3v) is 5.21. The number of ether oxygens (including phenoxy) is 2. The van der Waals surface area contributed by atoms with Crippen LogP contribution in [0.25, 0.3) is 0 Å². The van der Waals surface area contributed by atoms with Crippen LogP contribution in [-0.4, -0.2) is 32.1 Å². The van der Waals surface area contributed by atoms with Gasteiger partial charge in [0.25, 0.3) is 5.91 Å². The molecule has 2 saturated carbocycles. The van der Waals surface area contributed by atoms with E-state index < -0.39 is 0 Å². The van der Waals surface area contributed by atoms with E-state index in [0.29, 0.717) is 24.0 Å². The van der Waals surface area contributed by atoms with Gasteiger partial charge < -0.3 is 14.8 Å². The van der Waals surface area contributed by atoms with Gasteiger partial charge in [-0.15, -0.1) is 0 Å². The molecule has 0 aliphatic heterocycles. The highest BCUT2D eigenvalue weighted by Crippen LogP contribution is 2.49. The summed E-state index contributed by atoms with van der Waals surface area (Å²) in [7, 11) is 3.06. The fourth-order valence-corrected chi connectivity index (χ4v) is 4.13. The maximum atomic E-state index is 12.5. The van der Waals surface area contributed by atoms with Crippen LogP contribution in [0.3, 0.4) is 0 Å². The lowest BCUT2D eigenvalue weighted by atomic mass is 9.84. The molecule has 2 aliphatic carbocycles. The summed E-state index contributed by atoms with van der Waals surface area (Å²) >= 11 is 0. The zero-order chi connectivity index (χ0) is 16.4. The van der Waals surface area contributed by atoms with Gasteiger partial charge in [0.15, 0.2) is 0 Å². The Kier molecular flexibility index (Phi) is 4.66. The molecular formula is C18H23NO4. The minimum Gasteiger partial charge on any atom is -0.469 e. The first-order chi connectivity index (χ1) is 11.1. The average Bonchev–Trinajstić information content (AvgIpc) is 3.16. The van der Waals surface area contributed by atoms with Gasteiger partial charge in [-0.1, -0.05) is 12.1 Å². The second-order valence-electron chi connectivity index (χ2n) is 6.51. The van der Waals surface area contributed by atoms with Crippen molar-refractivity contribution >= 4 is 11.9 Å². The van der Waals surface area contributed by atoms with Crippen LogP contribution in [0, 0.1) is 17.8 Å². The molecule has 0 radical (unpaired) electrons. The molecule has 2 bridgehead atoms. The van der Waals surface area contributed by atoms with Gasteiger partial charge in [-0.25, -0.2) is 0 Å². The van der Waals surface area contributed by atoms with Gasteiger partial charge in [-0.2, -0.15) is 0 Å². The largest absolute Gasteiger partial charge is 0.469 e. The minimum absolute atomic E-state index is 0.104. The number of benzene rings is 1. The predicted molar refractivity (Wildman–Crippen MR) is 84.7 cm³/mol. The van der Waals surface area contributed by atoms with Crippen molar-refractivity contribution < 1.29 is 19.1 Å². The number of carbonyl (C=O) groups is 2. The van der Waals surface area contributed by atoms with Crippen molar-refractivity contribution in [2.45, 2.75) is 31.9 Å². The van der Waals surface area contributed by atoms with E-state index in [0.717, 1.165) is 24.8 Å². The Hall–Kier alpha value is -1.88. The highest BCUT2D eigenvalue weighted by molar-refractivity contribution is 5.94. The molecular weight excluding hydrogens is 294 g/mol. The minimum atomic E-state index is -0.199. The Labute approximate surface area is 136 Å². The van der Waals surface area contributed by atoms with Gasteiger partial charge in [-0.3, -0.25) is 9.59 Å². The summed E-state index contributed by atoms with van der Waals surface area (Å²) in [4.78, 5) is 24.6. The quantitative estimate of drug-likeness (QED) is 0.845. The first-order valence-corrected chi connectivity index (χ1v) is 8.10. The smallest absolute Gasteiger partial charge is 0.311 e. The van der Waals surface area contributed by atoms with Crippen molar-refractivity contribution in [3.63, 3.8) is 0 Å². The lowest BCUT2D eigenvalue weighted by Crippen LogP contribution is -2.47. The van der Waals surface area contributed by atoms with Gasteiger partial charge >= 0.3 is 5.97 Å². The topological polar surface area (TPSA) is 64.6 Å². The highest BCUT2D eigenvalue weighted by atomic mass is 16.5. The second kappa shape index (κ2) is 6.71. The van der Waals surface area contributed by atoms with Crippen LogP contribution < -0.4 is 5.32 Å². The molecule has 2 aliphatic rings. The standard InChI is InChI=1S/C18H23NO4/c1-22-10-11-3-5-12(6-4-11)17(20)19-16-14-8-7-13(9-14)15(16)18(21)23-2/h3-6,13-16H,7-10H2,1-2H3,(H,19,20). The van der Waals surface area contributed by atoms with E-state index in [-0.39, 0.29) is 23.8 Å². The van der Waals surface area contributed by atoms with Crippen LogP contribution >= 0.6 is 0 Å². The molecule has 0 heterocycles. The van der Waals surface area contributed by atoms with Crippen LogP contribution in [0.15, 0.2) is 24.3 Å². The van der Waals surface area contributed by atoms with E-state index >= 15 is 0 Å². The average molecular weight is 317 g/mol. The number of rotatable bonds is 5. The lowest BCUT2D eigenvalue weighted by Gasteiger charge is -2.29. The number of methoxy groups -OCH3 is 2. The first kappa shape index (κ1) is 16.0. The number of nitrogens with one attached hydrogen (secondary N) is 1. The fourth-order valence-electron chi connectivity index (χ4n) is 4.13. The number of carbonyl (C=O) groups excluding carboxylic acids is 2. The monoisotopic (exact) mass is 317 g/mol. The molecule has 0 saturated heterocycles. The zero-order valence-electron chi connectivity index (χ0n) is 13.6. The maximum absolute atomic E-state index is 12.5. The van der Waals surface area contributed by atoms with E-state index in [1.54, 1.807) is 19.2 Å². The Bertz CT molecular complexity index is 583. The summed E-state index contributed by atoms with van der Waals surface area (Å²) in [6.45, 7) is 0.526. The molecule has 1 aromatic carbocycles. The zero-order valence-corrected chi connectivity index (χ0v) is 13.6. The lowest BCUT2D eigenvalue weighted by molar-refractivity contribution is -0.148. The van der Waals surface area contributed by atoms with Crippen LogP contribution in [0.4, 0.5) is 0 Å². The van der Waals surface area contributed by atoms with Crippen molar-refractivity contribution in [1.82, 2.24) is 5.32 Å². The van der Waals surface area contributed by atoms with Crippen molar-refractivity contribution in [3.05, 3.63) is 35.4 Å². The number of esters is 1. The molecule has 0 aromatic heterocycles. The van der Waals surface area contributed by atoms with Crippen LogP contribution in [0.5, 0.6) is 0 Å². The van der Waals surface area contributed by atoms with Crippen molar-refractivity contribution in [3.8, 4) is 0 Å². The summed E-state index contributed by atoms with van der Waals surface area (Å²) in [5, 5.41) is 3.07. The van der Waals surface area contributed by atoms with E-state index in [2.05, 4.69) is 5.32 Å². The third-order valence-electron chi connectivity index (χ3n) is 5.21. The van der Waals surface area contributed by atoms with E-state index in [4.69, 9.17) is 9.47 Å². The summed E-state index contributed by atoms with van der Waals surface area (Å²) in [5.41, 5.74) is 1.63. The number of amides is 1. The Morgan fingerprint density at radius 1 is 1.13 bits per heavy atom. The van der Waals surface area contributed by atoms with E-state index in [9.17, 15) is 9.59 Å². The first-order valence-electron chi connectivity index (χ1n) is 8.10. The van der Waals surface area contributed by atoms with Crippen molar-refractivity contribution in [1.29, 1.82) is 0 Å². The number of fused-ring (bicyclic) bond motifs is 2. The van der Waals surface area contributed by atoms with Crippen LogP contribution in [-0.2, 0) is 20.9 Å². The SMILES string of the molecule is COCc1ccc(C(=O)NC2C3CCC(C3)C2C(=O)OC)cc1. The summed E-state index contributed by atoms with van der Waals surface area (Å²) in [6, 6.07) is 7.26. The third kappa shape index (κ3) is 3.11. The van der Waals surface area contributed by atoms with Crippen LogP contribution in [0.1, 0.15) is 35.2 Å². The normalized spacial score (nSPS) is 28.6.